The number of amides is 2. The van der Waals surface area contributed by atoms with Gasteiger partial charge in [-0.25, -0.2) is 4.79 Å². The zero-order chi connectivity index (χ0) is 36.0. The Kier molecular flexibility index (Phi) is 8.06. The predicted octanol–water partition coefficient (Wildman–Crippen LogP) is 13.5. The van der Waals surface area contributed by atoms with Gasteiger partial charge in [-0.3, -0.25) is 0 Å². The highest BCUT2D eigenvalue weighted by Gasteiger charge is 2.13. The second-order valence-corrected chi connectivity index (χ2v) is 14.8. The molecule has 0 radical (unpaired) electrons. The highest BCUT2D eigenvalue weighted by Crippen LogP contribution is 2.38. The fourth-order valence-corrected chi connectivity index (χ4v) is 8.80. The summed E-state index contributed by atoms with van der Waals surface area (Å²) < 4.78 is 0. The lowest BCUT2D eigenvalue weighted by Gasteiger charge is -2.14. The summed E-state index contributed by atoms with van der Waals surface area (Å²) in [5, 5.41) is 22.1. The molecule has 0 atom stereocenters. The second kappa shape index (κ2) is 13.5. The molecular formula is C51H40N2O. The maximum atomic E-state index is 12.9. The standard InChI is InChI=1S/C51H40N2O/c54-51(52-43-27-13-33(14-28-43)5-1-7-35-17-19-41-23-21-37-9-3-11-39-25-31-45(35)49(41)47(37)39)53-44-29-15-34(16-30-44)6-2-8-36-18-20-42-24-22-38-10-4-12-40-26-32-46(36)50(42)48(38)40/h3-4,9-32H,1-2,5-8H2,(H2,52,53,54). The monoisotopic (exact) mass is 696 g/mol. The number of rotatable bonds is 10. The largest absolute Gasteiger partial charge is 0.323 e. The smallest absolute Gasteiger partial charge is 0.308 e. The van der Waals surface area contributed by atoms with Crippen molar-refractivity contribution in [1.29, 1.82) is 0 Å². The van der Waals surface area contributed by atoms with Crippen molar-refractivity contribution in [3.05, 3.63) is 180 Å². The summed E-state index contributed by atoms with van der Waals surface area (Å²) in [6.07, 6.45) is 6.15. The number of hydrogen-bond donors (Lipinski definition) is 2. The zero-order valence-corrected chi connectivity index (χ0v) is 30.2. The summed E-state index contributed by atoms with van der Waals surface area (Å²) >= 11 is 0. The quantitative estimate of drug-likeness (QED) is 0.137. The van der Waals surface area contributed by atoms with Crippen molar-refractivity contribution in [3.8, 4) is 0 Å². The Hall–Kier alpha value is -6.45. The van der Waals surface area contributed by atoms with Crippen LogP contribution in [0.25, 0.3) is 64.6 Å². The summed E-state index contributed by atoms with van der Waals surface area (Å²) in [7, 11) is 0. The molecule has 0 aliphatic rings. The third-order valence-electron chi connectivity index (χ3n) is 11.5. The van der Waals surface area contributed by atoms with E-state index in [1.165, 1.54) is 86.9 Å². The molecule has 2 amide bonds. The molecule has 260 valence electrons. The molecule has 2 N–H and O–H groups in total. The van der Waals surface area contributed by atoms with Gasteiger partial charge in [0, 0.05) is 11.4 Å². The first kappa shape index (κ1) is 32.2. The molecule has 0 fully saturated rings. The molecule has 54 heavy (non-hydrogen) atoms. The first-order chi connectivity index (χ1) is 26.6. The first-order valence-electron chi connectivity index (χ1n) is 19.2. The molecule has 0 unspecified atom stereocenters. The fraction of sp³-hybridized carbons (Fsp3) is 0.118. The molecule has 10 rings (SSSR count). The highest BCUT2D eigenvalue weighted by atomic mass is 16.2. The molecule has 10 aromatic carbocycles. The molecule has 3 heteroatoms. The van der Waals surface area contributed by atoms with Crippen LogP contribution < -0.4 is 10.6 Å². The number of carbonyl (C=O) groups excluding carboxylic acids is 1. The van der Waals surface area contributed by atoms with Crippen LogP contribution in [0.1, 0.15) is 35.1 Å². The van der Waals surface area contributed by atoms with Crippen LogP contribution >= 0.6 is 0 Å². The van der Waals surface area contributed by atoms with E-state index in [1.54, 1.807) is 0 Å². The number of carbonyl (C=O) groups is 1. The van der Waals surface area contributed by atoms with Gasteiger partial charge in [0.25, 0.3) is 0 Å². The topological polar surface area (TPSA) is 41.1 Å². The van der Waals surface area contributed by atoms with Gasteiger partial charge in [-0.05, 0) is 150 Å². The van der Waals surface area contributed by atoms with Gasteiger partial charge in [0.05, 0.1) is 0 Å². The van der Waals surface area contributed by atoms with Gasteiger partial charge in [0.1, 0.15) is 0 Å². The molecule has 0 saturated heterocycles. The average molecular weight is 697 g/mol. The van der Waals surface area contributed by atoms with E-state index in [2.05, 4.69) is 144 Å². The van der Waals surface area contributed by atoms with Gasteiger partial charge in [-0.1, -0.05) is 133 Å². The third-order valence-corrected chi connectivity index (χ3v) is 11.5. The van der Waals surface area contributed by atoms with Crippen LogP contribution in [-0.2, 0) is 25.7 Å². The number of aryl methyl sites for hydroxylation is 4. The van der Waals surface area contributed by atoms with Gasteiger partial charge in [0.2, 0.25) is 0 Å². The number of anilines is 2. The van der Waals surface area contributed by atoms with Crippen molar-refractivity contribution < 1.29 is 4.79 Å². The van der Waals surface area contributed by atoms with E-state index in [4.69, 9.17) is 0 Å². The molecule has 3 nitrogen and oxygen atoms in total. The summed E-state index contributed by atoms with van der Waals surface area (Å²) in [6.45, 7) is 0. The molecule has 0 spiro atoms. The average Bonchev–Trinajstić information content (AvgIpc) is 3.21. The molecule has 0 aromatic heterocycles. The number of benzene rings is 10. The van der Waals surface area contributed by atoms with Gasteiger partial charge in [-0.2, -0.15) is 0 Å². The Morgan fingerprint density at radius 2 is 0.704 bits per heavy atom. The van der Waals surface area contributed by atoms with Crippen molar-refractivity contribution >= 4 is 82.0 Å². The van der Waals surface area contributed by atoms with E-state index in [0.29, 0.717) is 0 Å². The summed E-state index contributed by atoms with van der Waals surface area (Å²) in [4.78, 5) is 12.9. The minimum Gasteiger partial charge on any atom is -0.308 e. The van der Waals surface area contributed by atoms with E-state index in [1.807, 2.05) is 24.3 Å². The molecular weight excluding hydrogens is 657 g/mol. The van der Waals surface area contributed by atoms with Crippen molar-refractivity contribution in [2.75, 3.05) is 10.6 Å². The lowest BCUT2D eigenvalue weighted by Crippen LogP contribution is -2.19. The second-order valence-electron chi connectivity index (χ2n) is 14.8. The minimum atomic E-state index is -0.237. The minimum absolute atomic E-state index is 0.237. The molecule has 10 aromatic rings. The van der Waals surface area contributed by atoms with Crippen molar-refractivity contribution in [2.24, 2.45) is 0 Å². The maximum absolute atomic E-state index is 12.9. The maximum Gasteiger partial charge on any atom is 0.323 e. The summed E-state index contributed by atoms with van der Waals surface area (Å²) in [5.74, 6) is 0. The van der Waals surface area contributed by atoms with Crippen LogP contribution in [0, 0.1) is 0 Å². The normalized spacial score (nSPS) is 11.9. The Labute approximate surface area is 314 Å². The van der Waals surface area contributed by atoms with Crippen LogP contribution in [0.4, 0.5) is 16.2 Å². The lowest BCUT2D eigenvalue weighted by molar-refractivity contribution is 0.262. The van der Waals surface area contributed by atoms with Gasteiger partial charge >= 0.3 is 6.03 Å². The van der Waals surface area contributed by atoms with Crippen LogP contribution in [0.15, 0.2) is 158 Å². The van der Waals surface area contributed by atoms with E-state index in [9.17, 15) is 4.79 Å². The van der Waals surface area contributed by atoms with Crippen molar-refractivity contribution in [1.82, 2.24) is 0 Å². The zero-order valence-electron chi connectivity index (χ0n) is 30.2. The number of urea groups is 1. The Morgan fingerprint density at radius 3 is 1.11 bits per heavy atom. The van der Waals surface area contributed by atoms with Crippen LogP contribution in [-0.4, -0.2) is 6.03 Å². The summed E-state index contributed by atoms with van der Waals surface area (Å²) in [5.41, 5.74) is 6.92. The molecule has 0 aliphatic carbocycles. The summed E-state index contributed by atoms with van der Waals surface area (Å²) in [6, 6.07) is 56.6. The fourth-order valence-electron chi connectivity index (χ4n) is 8.80. The van der Waals surface area contributed by atoms with Gasteiger partial charge in [-0.15, -0.1) is 0 Å². The highest BCUT2D eigenvalue weighted by molar-refractivity contribution is 6.24. The molecule has 0 aliphatic heterocycles. The number of nitrogens with one attached hydrogen (secondary N) is 2. The van der Waals surface area contributed by atoms with Crippen molar-refractivity contribution in [2.45, 2.75) is 38.5 Å². The van der Waals surface area contributed by atoms with E-state index >= 15 is 0 Å². The van der Waals surface area contributed by atoms with E-state index in [0.717, 1.165) is 49.9 Å². The molecule has 0 saturated carbocycles. The van der Waals surface area contributed by atoms with Crippen LogP contribution in [0.2, 0.25) is 0 Å². The Balaban J connectivity index is 0.719. The molecule has 0 bridgehead atoms. The first-order valence-corrected chi connectivity index (χ1v) is 19.2. The van der Waals surface area contributed by atoms with E-state index in [-0.39, 0.29) is 6.03 Å². The third kappa shape index (κ3) is 5.92. The lowest BCUT2D eigenvalue weighted by atomic mass is 9.90. The van der Waals surface area contributed by atoms with Gasteiger partial charge in [0.15, 0.2) is 0 Å². The predicted molar refractivity (Wildman–Crippen MR) is 230 cm³/mol. The van der Waals surface area contributed by atoms with E-state index < -0.39 is 0 Å². The Bertz CT molecular complexity index is 2710. The number of hydrogen-bond acceptors (Lipinski definition) is 1. The van der Waals surface area contributed by atoms with Crippen molar-refractivity contribution in [3.63, 3.8) is 0 Å². The molecule has 0 heterocycles. The van der Waals surface area contributed by atoms with Gasteiger partial charge < -0.3 is 10.6 Å². The van der Waals surface area contributed by atoms with Crippen LogP contribution in [0.3, 0.4) is 0 Å². The Morgan fingerprint density at radius 1 is 0.352 bits per heavy atom. The SMILES string of the molecule is O=C(Nc1ccc(CCCc2ccc3ccc4cccc5ccc2c3c45)cc1)Nc1ccc(CCCc2ccc3ccc4cccc5ccc2c3c45)cc1. The van der Waals surface area contributed by atoms with Crippen LogP contribution in [0.5, 0.6) is 0 Å².